The summed E-state index contributed by atoms with van der Waals surface area (Å²) in [5.74, 6) is 0.669. The molecule has 0 aliphatic heterocycles. The summed E-state index contributed by atoms with van der Waals surface area (Å²) in [7, 11) is 0. The summed E-state index contributed by atoms with van der Waals surface area (Å²) in [6.07, 6.45) is 1.81. The summed E-state index contributed by atoms with van der Waals surface area (Å²) in [6.45, 7) is 0. The maximum atomic E-state index is 5.22. The SMILES string of the molecule is c1ccc(-c2ccc(-c3nc(-c4cccc(-n5c6ccccc6c6c7sc8ccccc8c7c7ccccc7c65)c4)nc4cccnc34)cc2)cc1. The van der Waals surface area contributed by atoms with Crippen molar-refractivity contribution in [2.45, 2.75) is 0 Å². The zero-order chi connectivity index (χ0) is 34.2. The highest BCUT2D eigenvalue weighted by molar-refractivity contribution is 7.27. The average molecular weight is 681 g/mol. The van der Waals surface area contributed by atoms with Crippen LogP contribution in [0.5, 0.6) is 0 Å². The number of pyridine rings is 1. The maximum Gasteiger partial charge on any atom is 0.160 e. The van der Waals surface area contributed by atoms with E-state index in [1.54, 1.807) is 0 Å². The van der Waals surface area contributed by atoms with Crippen LogP contribution >= 0.6 is 11.3 Å². The van der Waals surface area contributed by atoms with E-state index in [0.29, 0.717) is 5.82 Å². The molecule has 0 saturated heterocycles. The fourth-order valence-electron chi connectivity index (χ4n) is 7.92. The van der Waals surface area contributed by atoms with Gasteiger partial charge in [0.2, 0.25) is 0 Å². The molecular weight excluding hydrogens is 653 g/mol. The van der Waals surface area contributed by atoms with E-state index in [-0.39, 0.29) is 0 Å². The van der Waals surface area contributed by atoms with Crippen LogP contribution in [0.1, 0.15) is 0 Å². The van der Waals surface area contributed by atoms with Crippen LogP contribution in [0.25, 0.3) is 103 Å². The van der Waals surface area contributed by atoms with E-state index in [0.717, 1.165) is 39.1 Å². The summed E-state index contributed by atoms with van der Waals surface area (Å²) in [5, 5.41) is 7.71. The first-order valence-corrected chi connectivity index (χ1v) is 18.3. The molecule has 0 aliphatic carbocycles. The molecule has 11 rings (SSSR count). The number of nitrogens with zero attached hydrogens (tertiary/aromatic N) is 4. The molecule has 5 heteroatoms. The Labute approximate surface area is 302 Å². The van der Waals surface area contributed by atoms with E-state index in [1.807, 2.05) is 35.7 Å². The highest BCUT2D eigenvalue weighted by Crippen LogP contribution is 2.48. The van der Waals surface area contributed by atoms with Crippen molar-refractivity contribution in [3.8, 4) is 39.5 Å². The summed E-state index contributed by atoms with van der Waals surface area (Å²) in [5.41, 5.74) is 10.2. The minimum Gasteiger partial charge on any atom is -0.309 e. The van der Waals surface area contributed by atoms with Gasteiger partial charge in [0.1, 0.15) is 11.2 Å². The molecule has 0 fully saturated rings. The molecule has 11 aromatic rings. The van der Waals surface area contributed by atoms with E-state index >= 15 is 0 Å². The van der Waals surface area contributed by atoms with E-state index in [2.05, 4.69) is 150 Å². The fourth-order valence-corrected chi connectivity index (χ4v) is 9.20. The lowest BCUT2D eigenvalue weighted by Crippen LogP contribution is -1.99. The van der Waals surface area contributed by atoms with Gasteiger partial charge in [0.25, 0.3) is 0 Å². The summed E-state index contributed by atoms with van der Waals surface area (Å²) in [4.78, 5) is 15.0. The van der Waals surface area contributed by atoms with Crippen LogP contribution in [0.2, 0.25) is 0 Å². The Balaban J connectivity index is 1.14. The van der Waals surface area contributed by atoms with Crippen molar-refractivity contribution in [1.29, 1.82) is 0 Å². The second kappa shape index (κ2) is 11.4. The normalized spacial score (nSPS) is 11.8. The van der Waals surface area contributed by atoms with Crippen molar-refractivity contribution in [3.63, 3.8) is 0 Å². The van der Waals surface area contributed by atoms with Crippen molar-refractivity contribution >= 4 is 75.1 Å². The molecule has 4 nitrogen and oxygen atoms in total. The number of benzene rings is 7. The molecule has 0 unspecified atom stereocenters. The number of para-hydroxylation sites is 1. The number of hydrogen-bond donors (Lipinski definition) is 0. The summed E-state index contributed by atoms with van der Waals surface area (Å²) < 4.78 is 5.07. The lowest BCUT2D eigenvalue weighted by atomic mass is 9.99. The number of rotatable bonds is 4. The Morgan fingerprint density at radius 2 is 1.17 bits per heavy atom. The first-order chi connectivity index (χ1) is 25.8. The number of aromatic nitrogens is 4. The Morgan fingerprint density at radius 3 is 2.04 bits per heavy atom. The molecule has 242 valence electrons. The van der Waals surface area contributed by atoms with Gasteiger partial charge in [-0.3, -0.25) is 4.98 Å². The monoisotopic (exact) mass is 680 g/mol. The molecule has 0 spiro atoms. The fraction of sp³-hybridized carbons (Fsp3) is 0. The van der Waals surface area contributed by atoms with E-state index in [9.17, 15) is 0 Å². The third kappa shape index (κ3) is 4.36. The zero-order valence-corrected chi connectivity index (χ0v) is 28.7. The molecule has 52 heavy (non-hydrogen) atoms. The molecule has 0 aliphatic rings. The van der Waals surface area contributed by atoms with Gasteiger partial charge in [-0.2, -0.15) is 0 Å². The molecule has 0 N–H and O–H groups in total. The Kier molecular flexibility index (Phi) is 6.39. The number of hydrogen-bond acceptors (Lipinski definition) is 4. The largest absolute Gasteiger partial charge is 0.309 e. The van der Waals surface area contributed by atoms with Crippen LogP contribution in [-0.4, -0.2) is 19.5 Å². The van der Waals surface area contributed by atoms with Crippen LogP contribution in [-0.2, 0) is 0 Å². The predicted octanol–water partition coefficient (Wildman–Crippen LogP) is 12.6. The van der Waals surface area contributed by atoms with E-state index < -0.39 is 0 Å². The molecular formula is C47H28N4S. The number of fused-ring (bicyclic) bond motifs is 11. The van der Waals surface area contributed by atoms with Gasteiger partial charge in [0, 0.05) is 59.3 Å². The lowest BCUT2D eigenvalue weighted by molar-refractivity contribution is 1.17. The van der Waals surface area contributed by atoms with Crippen LogP contribution in [0, 0.1) is 0 Å². The Bertz CT molecular complexity index is 3180. The highest BCUT2D eigenvalue weighted by Gasteiger charge is 2.22. The van der Waals surface area contributed by atoms with Gasteiger partial charge in [-0.25, -0.2) is 9.97 Å². The van der Waals surface area contributed by atoms with E-state index in [1.165, 1.54) is 58.3 Å². The molecule has 0 atom stereocenters. The predicted molar refractivity (Wildman–Crippen MR) is 218 cm³/mol. The molecule has 4 aromatic heterocycles. The van der Waals surface area contributed by atoms with Crippen molar-refractivity contribution in [2.75, 3.05) is 0 Å². The molecule has 4 heterocycles. The van der Waals surface area contributed by atoms with Crippen molar-refractivity contribution < 1.29 is 0 Å². The molecule has 0 bridgehead atoms. The van der Waals surface area contributed by atoms with Crippen LogP contribution in [0.15, 0.2) is 170 Å². The van der Waals surface area contributed by atoms with Crippen LogP contribution in [0.4, 0.5) is 0 Å². The number of thiophene rings is 1. The first-order valence-electron chi connectivity index (χ1n) is 17.4. The minimum atomic E-state index is 0.669. The minimum absolute atomic E-state index is 0.669. The highest BCUT2D eigenvalue weighted by atomic mass is 32.1. The van der Waals surface area contributed by atoms with Gasteiger partial charge >= 0.3 is 0 Å². The van der Waals surface area contributed by atoms with Crippen LogP contribution in [0.3, 0.4) is 0 Å². The average Bonchev–Trinajstić information content (AvgIpc) is 3.78. The van der Waals surface area contributed by atoms with Crippen molar-refractivity contribution in [2.24, 2.45) is 0 Å². The Morgan fingerprint density at radius 1 is 0.481 bits per heavy atom. The summed E-state index contributed by atoms with van der Waals surface area (Å²) >= 11 is 1.89. The smallest absolute Gasteiger partial charge is 0.160 e. The second-order valence-corrected chi connectivity index (χ2v) is 14.2. The van der Waals surface area contributed by atoms with Gasteiger partial charge in [0.05, 0.1) is 16.6 Å². The topological polar surface area (TPSA) is 43.6 Å². The molecule has 0 saturated carbocycles. The van der Waals surface area contributed by atoms with E-state index in [4.69, 9.17) is 15.0 Å². The quantitative estimate of drug-likeness (QED) is 0.186. The zero-order valence-electron chi connectivity index (χ0n) is 27.9. The second-order valence-electron chi connectivity index (χ2n) is 13.2. The van der Waals surface area contributed by atoms with Gasteiger partial charge in [-0.15, -0.1) is 11.3 Å². The van der Waals surface area contributed by atoms with Gasteiger partial charge in [0.15, 0.2) is 5.82 Å². The third-order valence-corrected chi connectivity index (χ3v) is 11.4. The van der Waals surface area contributed by atoms with Crippen LogP contribution < -0.4 is 0 Å². The van der Waals surface area contributed by atoms with Gasteiger partial charge in [-0.1, -0.05) is 127 Å². The maximum absolute atomic E-state index is 5.22. The standard InChI is InChI=1S/C47H28N4S/c1-2-12-29(13-3-1)30-23-25-31(26-24-30)43-44-38(20-11-27-48-44)49-47(50-43)32-14-10-15-33(28-32)51-39-21-8-6-18-36(39)42-45(51)35-17-5-4-16-34(35)41-37-19-7-9-22-40(37)52-46(41)42/h1-28H. The Hall–Kier alpha value is -6.69. The molecule has 0 amide bonds. The van der Waals surface area contributed by atoms with Crippen molar-refractivity contribution in [3.05, 3.63) is 170 Å². The summed E-state index contributed by atoms with van der Waals surface area (Å²) in [6, 6.07) is 58.1. The van der Waals surface area contributed by atoms with Gasteiger partial charge < -0.3 is 4.57 Å². The third-order valence-electron chi connectivity index (χ3n) is 10.2. The van der Waals surface area contributed by atoms with Crippen molar-refractivity contribution in [1.82, 2.24) is 19.5 Å². The first kappa shape index (κ1) is 29.1. The molecule has 7 aromatic carbocycles. The van der Waals surface area contributed by atoms with Gasteiger partial charge in [-0.05, 0) is 52.9 Å². The lowest BCUT2D eigenvalue weighted by Gasteiger charge is -2.13. The molecule has 0 radical (unpaired) electrons.